The van der Waals surface area contributed by atoms with Crippen molar-refractivity contribution in [2.45, 2.75) is 46.1 Å². The van der Waals surface area contributed by atoms with E-state index in [0.29, 0.717) is 6.04 Å². The summed E-state index contributed by atoms with van der Waals surface area (Å²) in [6.07, 6.45) is 4.47. The van der Waals surface area contributed by atoms with Crippen LogP contribution in [0, 0.1) is 31.6 Å². The molecule has 1 N–H and O–H groups in total. The molecule has 2 aliphatic carbocycles. The van der Waals surface area contributed by atoms with Gasteiger partial charge < -0.3 is 5.32 Å². The van der Waals surface area contributed by atoms with E-state index in [1.165, 1.54) is 29.7 Å². The van der Waals surface area contributed by atoms with E-state index in [2.05, 4.69) is 32.2 Å². The Bertz CT molecular complexity index is 399. The molecule has 0 bridgehead atoms. The van der Waals surface area contributed by atoms with Crippen LogP contribution in [0.1, 0.15) is 47.5 Å². The zero-order valence-corrected chi connectivity index (χ0v) is 11.9. The predicted molar refractivity (Wildman–Crippen MR) is 74.5 cm³/mol. The summed E-state index contributed by atoms with van der Waals surface area (Å²) >= 11 is 2.00. The molecular formula is C15H23NS. The lowest BCUT2D eigenvalue weighted by Gasteiger charge is -2.25. The third kappa shape index (κ3) is 2.17. The summed E-state index contributed by atoms with van der Waals surface area (Å²) in [4.78, 5) is 3.07. The molecule has 3 rings (SSSR count). The zero-order chi connectivity index (χ0) is 12.0. The van der Waals surface area contributed by atoms with E-state index in [1.807, 2.05) is 11.3 Å². The summed E-state index contributed by atoms with van der Waals surface area (Å²) < 4.78 is 0. The first-order chi connectivity index (χ1) is 8.19. The van der Waals surface area contributed by atoms with Gasteiger partial charge in [-0.3, -0.25) is 0 Å². The van der Waals surface area contributed by atoms with Crippen molar-refractivity contribution in [2.24, 2.45) is 17.8 Å². The van der Waals surface area contributed by atoms with Gasteiger partial charge in [0.1, 0.15) is 0 Å². The van der Waals surface area contributed by atoms with Crippen molar-refractivity contribution in [1.82, 2.24) is 5.32 Å². The maximum absolute atomic E-state index is 3.75. The van der Waals surface area contributed by atoms with Crippen LogP contribution >= 0.6 is 11.3 Å². The van der Waals surface area contributed by atoms with Crippen molar-refractivity contribution in [1.29, 1.82) is 0 Å². The van der Waals surface area contributed by atoms with Gasteiger partial charge >= 0.3 is 0 Å². The van der Waals surface area contributed by atoms with Crippen LogP contribution in [0.25, 0.3) is 0 Å². The largest absolute Gasteiger partial charge is 0.309 e. The van der Waals surface area contributed by atoms with Crippen LogP contribution < -0.4 is 5.32 Å². The molecule has 0 saturated heterocycles. The molecule has 1 aromatic heterocycles. The Balaban J connectivity index is 1.81. The Morgan fingerprint density at radius 3 is 2.53 bits per heavy atom. The lowest BCUT2D eigenvalue weighted by Crippen LogP contribution is -2.27. The second kappa shape index (κ2) is 4.40. The van der Waals surface area contributed by atoms with Crippen LogP contribution in [0.2, 0.25) is 0 Å². The molecule has 2 aliphatic rings. The molecule has 0 aromatic carbocycles. The summed E-state index contributed by atoms with van der Waals surface area (Å²) in [5.74, 6) is 3.07. The van der Waals surface area contributed by atoms with Gasteiger partial charge in [-0.2, -0.15) is 0 Å². The van der Waals surface area contributed by atoms with Crippen molar-refractivity contribution in [3.8, 4) is 0 Å². The standard InChI is InChI=1S/C15H23NS/c1-4-16-14(13-7-11-6-12(11)8-13)15-9(2)5-10(3)17-15/h5,11-14,16H,4,6-8H2,1-3H3. The Labute approximate surface area is 109 Å². The fourth-order valence-electron chi connectivity index (χ4n) is 3.70. The smallest absolute Gasteiger partial charge is 0.0446 e. The van der Waals surface area contributed by atoms with E-state index in [-0.39, 0.29) is 0 Å². The summed E-state index contributed by atoms with van der Waals surface area (Å²) in [7, 11) is 0. The second-order valence-electron chi connectivity index (χ2n) is 5.93. The molecule has 3 unspecified atom stereocenters. The van der Waals surface area contributed by atoms with E-state index in [4.69, 9.17) is 0 Å². The number of hydrogen-bond acceptors (Lipinski definition) is 2. The highest BCUT2D eigenvalue weighted by atomic mass is 32.1. The fourth-order valence-corrected chi connectivity index (χ4v) is 4.90. The maximum Gasteiger partial charge on any atom is 0.0446 e. The fraction of sp³-hybridized carbons (Fsp3) is 0.733. The Hall–Kier alpha value is -0.340. The first-order valence-corrected chi connectivity index (χ1v) is 7.81. The third-order valence-electron chi connectivity index (χ3n) is 4.54. The van der Waals surface area contributed by atoms with Crippen molar-refractivity contribution in [2.75, 3.05) is 6.54 Å². The highest BCUT2D eigenvalue weighted by molar-refractivity contribution is 7.12. The molecule has 17 heavy (non-hydrogen) atoms. The van der Waals surface area contributed by atoms with E-state index in [9.17, 15) is 0 Å². The van der Waals surface area contributed by atoms with Gasteiger partial charge in [-0.15, -0.1) is 11.3 Å². The molecule has 0 spiro atoms. The van der Waals surface area contributed by atoms with Gasteiger partial charge in [0.25, 0.3) is 0 Å². The van der Waals surface area contributed by atoms with Crippen LogP contribution in [0.4, 0.5) is 0 Å². The van der Waals surface area contributed by atoms with Gasteiger partial charge in [-0.05, 0) is 69.0 Å². The van der Waals surface area contributed by atoms with Crippen LogP contribution in [-0.2, 0) is 0 Å². The number of aryl methyl sites for hydroxylation is 2. The Kier molecular flexibility index (Phi) is 3.04. The Morgan fingerprint density at radius 1 is 1.29 bits per heavy atom. The highest BCUT2D eigenvalue weighted by Crippen LogP contribution is 2.57. The van der Waals surface area contributed by atoms with Gasteiger partial charge in [0.2, 0.25) is 0 Å². The minimum atomic E-state index is 0.631. The molecule has 2 heteroatoms. The quantitative estimate of drug-likeness (QED) is 0.848. The SMILES string of the molecule is CCNC(c1sc(C)cc1C)C1CC2CC2C1. The molecule has 94 valence electrons. The molecule has 0 aliphatic heterocycles. The van der Waals surface area contributed by atoms with Crippen LogP contribution in [0.15, 0.2) is 6.07 Å². The zero-order valence-electron chi connectivity index (χ0n) is 11.1. The van der Waals surface area contributed by atoms with Crippen LogP contribution in [0.5, 0.6) is 0 Å². The third-order valence-corrected chi connectivity index (χ3v) is 5.77. The highest BCUT2D eigenvalue weighted by Gasteiger charge is 2.48. The van der Waals surface area contributed by atoms with E-state index in [1.54, 1.807) is 4.88 Å². The first kappa shape index (κ1) is 11.7. The molecule has 2 saturated carbocycles. The van der Waals surface area contributed by atoms with E-state index >= 15 is 0 Å². The number of nitrogens with one attached hydrogen (secondary N) is 1. The van der Waals surface area contributed by atoms with E-state index in [0.717, 1.165) is 24.3 Å². The minimum Gasteiger partial charge on any atom is -0.309 e. The van der Waals surface area contributed by atoms with Crippen molar-refractivity contribution < 1.29 is 0 Å². The molecule has 2 fully saturated rings. The van der Waals surface area contributed by atoms with Gasteiger partial charge in [0.05, 0.1) is 0 Å². The van der Waals surface area contributed by atoms with Crippen LogP contribution in [0.3, 0.4) is 0 Å². The van der Waals surface area contributed by atoms with Gasteiger partial charge in [0.15, 0.2) is 0 Å². The molecular weight excluding hydrogens is 226 g/mol. The summed E-state index contributed by atoms with van der Waals surface area (Å²) in [5, 5.41) is 3.75. The molecule has 3 atom stereocenters. The summed E-state index contributed by atoms with van der Waals surface area (Å²) in [6.45, 7) is 7.83. The molecule has 0 amide bonds. The predicted octanol–water partition coefficient (Wildman–Crippen LogP) is 4.06. The van der Waals surface area contributed by atoms with Gasteiger partial charge in [0, 0.05) is 15.8 Å². The number of thiophene rings is 1. The number of rotatable bonds is 4. The number of fused-ring (bicyclic) bond motifs is 1. The van der Waals surface area contributed by atoms with Gasteiger partial charge in [-0.25, -0.2) is 0 Å². The average Bonchev–Trinajstić information content (AvgIpc) is 2.75. The first-order valence-electron chi connectivity index (χ1n) is 6.99. The molecule has 1 aromatic rings. The molecule has 1 heterocycles. The lowest BCUT2D eigenvalue weighted by atomic mass is 9.92. The summed E-state index contributed by atoms with van der Waals surface area (Å²) in [5.41, 5.74) is 1.50. The van der Waals surface area contributed by atoms with Crippen molar-refractivity contribution in [3.05, 3.63) is 21.4 Å². The normalized spacial score (nSPS) is 32.5. The monoisotopic (exact) mass is 249 g/mol. The molecule has 1 nitrogen and oxygen atoms in total. The Morgan fingerprint density at radius 2 is 2.00 bits per heavy atom. The minimum absolute atomic E-state index is 0.631. The summed E-state index contributed by atoms with van der Waals surface area (Å²) in [6, 6.07) is 2.98. The molecule has 0 radical (unpaired) electrons. The van der Waals surface area contributed by atoms with Crippen molar-refractivity contribution in [3.63, 3.8) is 0 Å². The topological polar surface area (TPSA) is 12.0 Å². The second-order valence-corrected chi connectivity index (χ2v) is 7.21. The van der Waals surface area contributed by atoms with E-state index < -0.39 is 0 Å². The van der Waals surface area contributed by atoms with Crippen molar-refractivity contribution >= 4 is 11.3 Å². The maximum atomic E-state index is 3.75. The van der Waals surface area contributed by atoms with Crippen LogP contribution in [-0.4, -0.2) is 6.54 Å². The number of hydrogen-bond donors (Lipinski definition) is 1. The van der Waals surface area contributed by atoms with Gasteiger partial charge in [-0.1, -0.05) is 6.92 Å². The lowest BCUT2D eigenvalue weighted by molar-refractivity contribution is 0.350. The average molecular weight is 249 g/mol.